The Bertz CT molecular complexity index is 947. The van der Waals surface area contributed by atoms with E-state index in [1.165, 1.54) is 12.3 Å². The Labute approximate surface area is 163 Å². The van der Waals surface area contributed by atoms with Crippen molar-refractivity contribution in [2.75, 3.05) is 0 Å². The van der Waals surface area contributed by atoms with Crippen LogP contribution in [0, 0.1) is 0 Å². The zero-order valence-corrected chi connectivity index (χ0v) is 15.2. The average molecular weight is 413 g/mol. The van der Waals surface area contributed by atoms with Crippen molar-refractivity contribution < 1.29 is 17.6 Å². The fourth-order valence-electron chi connectivity index (χ4n) is 2.36. The summed E-state index contributed by atoms with van der Waals surface area (Å²) in [5, 5.41) is 5.06. The van der Waals surface area contributed by atoms with E-state index in [4.69, 9.17) is 27.6 Å². The summed E-state index contributed by atoms with van der Waals surface area (Å²) >= 11 is 12.1. The molecule has 0 bridgehead atoms. The number of alkyl halides is 3. The highest BCUT2D eigenvalue weighted by molar-refractivity contribution is 6.35. The number of halogens is 5. The van der Waals surface area contributed by atoms with Gasteiger partial charge in [-0.3, -0.25) is 0 Å². The molecule has 1 N–H and O–H groups in total. The third kappa shape index (κ3) is 4.84. The van der Waals surface area contributed by atoms with Crippen molar-refractivity contribution in [2.45, 2.75) is 12.7 Å². The Morgan fingerprint density at radius 1 is 1.00 bits per heavy atom. The minimum absolute atomic E-state index is 0.316. The lowest BCUT2D eigenvalue weighted by Gasteiger charge is -2.07. The lowest BCUT2D eigenvalue weighted by atomic mass is 10.1. The fourth-order valence-corrected chi connectivity index (χ4v) is 2.89. The Kier molecular flexibility index (Phi) is 5.77. The molecule has 1 aromatic heterocycles. The van der Waals surface area contributed by atoms with Crippen LogP contribution in [0.25, 0.3) is 11.3 Å². The number of hydrogen-bond acceptors (Lipinski definition) is 3. The topological polar surface area (TPSA) is 37.5 Å². The molecule has 0 aliphatic rings. The molecule has 3 rings (SSSR count). The Morgan fingerprint density at radius 2 is 1.70 bits per heavy atom. The van der Waals surface area contributed by atoms with E-state index in [-0.39, 0.29) is 0 Å². The van der Waals surface area contributed by atoms with Crippen LogP contribution in [0.15, 0.2) is 64.1 Å². The first kappa shape index (κ1) is 19.3. The molecule has 2 aromatic carbocycles. The van der Waals surface area contributed by atoms with Crippen LogP contribution in [0.4, 0.5) is 13.2 Å². The van der Waals surface area contributed by atoms with Gasteiger partial charge in [-0.2, -0.15) is 18.3 Å². The van der Waals surface area contributed by atoms with Gasteiger partial charge in [-0.25, -0.2) is 0 Å². The zero-order chi connectivity index (χ0) is 19.4. The summed E-state index contributed by atoms with van der Waals surface area (Å²) in [5.74, 6) is 0.705. The molecule has 0 saturated heterocycles. The lowest BCUT2D eigenvalue weighted by molar-refractivity contribution is -0.137. The second kappa shape index (κ2) is 8.06. The van der Waals surface area contributed by atoms with Gasteiger partial charge >= 0.3 is 6.18 Å². The number of rotatable bonds is 5. The highest BCUT2D eigenvalue weighted by atomic mass is 35.5. The molecule has 0 aliphatic carbocycles. The molecule has 0 saturated carbocycles. The quantitative estimate of drug-likeness (QED) is 0.389. The van der Waals surface area contributed by atoms with Crippen LogP contribution in [0.1, 0.15) is 16.9 Å². The second-order valence-electron chi connectivity index (χ2n) is 5.57. The molecule has 0 atom stereocenters. The number of hydrazone groups is 1. The predicted octanol–water partition coefficient (Wildman–Crippen LogP) is 6.40. The summed E-state index contributed by atoms with van der Waals surface area (Å²) in [4.78, 5) is 0. The highest BCUT2D eigenvalue weighted by Gasteiger charge is 2.30. The zero-order valence-electron chi connectivity index (χ0n) is 13.7. The molecule has 27 heavy (non-hydrogen) atoms. The van der Waals surface area contributed by atoms with E-state index in [0.717, 1.165) is 12.1 Å². The van der Waals surface area contributed by atoms with Gasteiger partial charge in [-0.1, -0.05) is 41.4 Å². The predicted molar refractivity (Wildman–Crippen MR) is 100 cm³/mol. The second-order valence-corrected chi connectivity index (χ2v) is 6.39. The molecule has 3 nitrogen and oxygen atoms in total. The van der Waals surface area contributed by atoms with Crippen LogP contribution in [0.2, 0.25) is 10.0 Å². The number of furan rings is 1. The highest BCUT2D eigenvalue weighted by Crippen LogP contribution is 2.32. The molecule has 0 spiro atoms. The van der Waals surface area contributed by atoms with Gasteiger partial charge in [0.05, 0.1) is 18.3 Å². The Balaban J connectivity index is 1.67. The van der Waals surface area contributed by atoms with Gasteiger partial charge in [0.1, 0.15) is 11.5 Å². The normalized spacial score (nSPS) is 11.9. The van der Waals surface area contributed by atoms with Crippen LogP contribution in [-0.2, 0) is 12.7 Å². The van der Waals surface area contributed by atoms with E-state index < -0.39 is 11.7 Å². The fraction of sp³-hybridized carbons (Fsp3) is 0.105. The molecule has 0 fully saturated rings. The number of benzene rings is 2. The maximum Gasteiger partial charge on any atom is 0.416 e. The van der Waals surface area contributed by atoms with E-state index in [9.17, 15) is 13.2 Å². The van der Waals surface area contributed by atoms with Crippen molar-refractivity contribution in [3.05, 3.63) is 81.5 Å². The third-order valence-corrected chi connectivity index (χ3v) is 4.41. The van der Waals surface area contributed by atoms with Crippen LogP contribution in [0.5, 0.6) is 0 Å². The first-order chi connectivity index (χ1) is 12.8. The monoisotopic (exact) mass is 412 g/mol. The van der Waals surface area contributed by atoms with Gasteiger partial charge in [0.25, 0.3) is 0 Å². The number of hydrogen-bond donors (Lipinski definition) is 1. The third-order valence-electron chi connectivity index (χ3n) is 3.70. The first-order valence-corrected chi connectivity index (χ1v) is 8.56. The molecule has 0 radical (unpaired) electrons. The van der Waals surface area contributed by atoms with Crippen LogP contribution in [-0.4, -0.2) is 6.21 Å². The van der Waals surface area contributed by atoms with Crippen LogP contribution < -0.4 is 5.43 Å². The van der Waals surface area contributed by atoms with Crippen LogP contribution in [0.3, 0.4) is 0 Å². The molecule has 8 heteroatoms. The molecular weight excluding hydrogens is 400 g/mol. The van der Waals surface area contributed by atoms with Crippen LogP contribution >= 0.6 is 23.2 Å². The summed E-state index contributed by atoms with van der Waals surface area (Å²) in [5.41, 5.74) is 3.11. The van der Waals surface area contributed by atoms with Gasteiger partial charge in [0, 0.05) is 21.2 Å². The van der Waals surface area contributed by atoms with E-state index >= 15 is 0 Å². The lowest BCUT2D eigenvalue weighted by Crippen LogP contribution is -2.06. The van der Waals surface area contributed by atoms with Crippen molar-refractivity contribution in [2.24, 2.45) is 5.10 Å². The first-order valence-electron chi connectivity index (χ1n) is 7.81. The van der Waals surface area contributed by atoms with Crippen molar-refractivity contribution in [3.63, 3.8) is 0 Å². The molecule has 0 unspecified atom stereocenters. The Morgan fingerprint density at radius 3 is 2.41 bits per heavy atom. The van der Waals surface area contributed by atoms with Crippen molar-refractivity contribution >= 4 is 29.4 Å². The Hall–Kier alpha value is -2.44. The smallest absolute Gasteiger partial charge is 0.416 e. The van der Waals surface area contributed by atoms with Gasteiger partial charge in [0.15, 0.2) is 0 Å². The maximum absolute atomic E-state index is 12.8. The van der Waals surface area contributed by atoms with Crippen molar-refractivity contribution in [3.8, 4) is 11.3 Å². The SMILES string of the molecule is FC(F)(F)c1cccc(-c2ccc(/C=N/NCc3c(Cl)cccc3Cl)o2)c1. The van der Waals surface area contributed by atoms with Gasteiger partial charge < -0.3 is 9.84 Å². The summed E-state index contributed by atoms with van der Waals surface area (Å²) in [7, 11) is 0. The van der Waals surface area contributed by atoms with E-state index in [1.54, 1.807) is 36.4 Å². The molecule has 3 aromatic rings. The van der Waals surface area contributed by atoms with E-state index in [0.29, 0.717) is 39.2 Å². The van der Waals surface area contributed by atoms with Gasteiger partial charge in [0.2, 0.25) is 0 Å². The largest absolute Gasteiger partial charge is 0.455 e. The van der Waals surface area contributed by atoms with E-state index in [2.05, 4.69) is 10.5 Å². The van der Waals surface area contributed by atoms with Gasteiger partial charge in [-0.15, -0.1) is 0 Å². The standard InChI is InChI=1S/C19H13Cl2F3N2O/c20-16-5-2-6-17(21)15(16)11-26-25-10-14-7-8-18(27-14)12-3-1-4-13(9-12)19(22,23)24/h1-10,26H,11H2/b25-10+. The summed E-state index contributed by atoms with van der Waals surface area (Å²) < 4.78 is 44.0. The summed E-state index contributed by atoms with van der Waals surface area (Å²) in [6, 6.07) is 13.3. The molecule has 140 valence electrons. The summed E-state index contributed by atoms with van der Waals surface area (Å²) in [6.07, 6.45) is -2.99. The van der Waals surface area contributed by atoms with Crippen molar-refractivity contribution in [1.82, 2.24) is 5.43 Å². The number of nitrogens with zero attached hydrogens (tertiary/aromatic N) is 1. The van der Waals surface area contributed by atoms with Gasteiger partial charge in [-0.05, 0) is 36.4 Å². The van der Waals surface area contributed by atoms with E-state index in [1.807, 2.05) is 0 Å². The van der Waals surface area contributed by atoms with Crippen molar-refractivity contribution in [1.29, 1.82) is 0 Å². The molecule has 0 amide bonds. The minimum atomic E-state index is -4.41. The minimum Gasteiger partial charge on any atom is -0.455 e. The average Bonchev–Trinajstić information content (AvgIpc) is 3.09. The maximum atomic E-state index is 12.8. The molecule has 1 heterocycles. The summed E-state index contributed by atoms with van der Waals surface area (Å²) in [6.45, 7) is 0.316. The number of nitrogens with one attached hydrogen (secondary N) is 1. The molecular formula is C19H13Cl2F3N2O. The molecule has 0 aliphatic heterocycles.